The highest BCUT2D eigenvalue weighted by atomic mass is 16.2. The van der Waals surface area contributed by atoms with Crippen LogP contribution < -0.4 is 5.73 Å². The van der Waals surface area contributed by atoms with Gasteiger partial charge in [-0.2, -0.15) is 0 Å². The normalized spacial score (nSPS) is 21.0. The Labute approximate surface area is 95.3 Å². The molecule has 1 aliphatic carbocycles. The minimum atomic E-state index is 0.444. The molecule has 0 spiro atoms. The summed E-state index contributed by atoms with van der Waals surface area (Å²) in [4.78, 5) is 0. The molecule has 2 nitrogen and oxygen atoms in total. The fraction of sp³-hybridized carbons (Fsp3) is 1.00. The highest BCUT2D eigenvalue weighted by Gasteiger charge is 2.37. The van der Waals surface area contributed by atoms with Gasteiger partial charge in [0.1, 0.15) is 0 Å². The molecule has 1 saturated carbocycles. The summed E-state index contributed by atoms with van der Waals surface area (Å²) in [5.74, 6) is 0.749. The average Bonchev–Trinajstić information content (AvgIpc) is 2.69. The molecular weight excluding hydrogens is 186 g/mol. The van der Waals surface area contributed by atoms with Crippen LogP contribution in [-0.2, 0) is 0 Å². The van der Waals surface area contributed by atoms with E-state index in [1.807, 2.05) is 0 Å². The average molecular weight is 215 g/mol. The van der Waals surface area contributed by atoms with Crippen LogP contribution in [0.25, 0.3) is 0 Å². The molecule has 1 rings (SSSR count). The van der Waals surface area contributed by atoms with Crippen LogP contribution in [0.15, 0.2) is 0 Å². The van der Waals surface area contributed by atoms with Crippen molar-refractivity contribution in [2.75, 3.05) is 7.11 Å². The van der Waals surface area contributed by atoms with Crippen molar-refractivity contribution in [3.05, 3.63) is 0 Å². The molecule has 3 N–H and O–H groups in total. The summed E-state index contributed by atoms with van der Waals surface area (Å²) in [5.41, 5.74) is 6.83. The van der Waals surface area contributed by atoms with Gasteiger partial charge in [0.2, 0.25) is 0 Å². The zero-order chi connectivity index (χ0) is 11.9. The van der Waals surface area contributed by atoms with Crippen LogP contribution in [0.3, 0.4) is 0 Å². The van der Waals surface area contributed by atoms with Crippen molar-refractivity contribution in [2.45, 2.75) is 65.3 Å². The fourth-order valence-corrected chi connectivity index (χ4v) is 2.82. The van der Waals surface area contributed by atoms with E-state index >= 15 is 0 Å². The van der Waals surface area contributed by atoms with Crippen LogP contribution in [0.5, 0.6) is 0 Å². The number of nitrogens with two attached hydrogens (primary N) is 1. The first-order valence-corrected chi connectivity index (χ1v) is 6.31. The lowest BCUT2D eigenvalue weighted by atomic mass is 9.74. The molecule has 2 heteroatoms. The fourth-order valence-electron chi connectivity index (χ4n) is 2.82. The molecule has 0 saturated heterocycles. The van der Waals surface area contributed by atoms with Crippen molar-refractivity contribution >= 4 is 0 Å². The van der Waals surface area contributed by atoms with E-state index in [9.17, 15) is 0 Å². The van der Waals surface area contributed by atoms with Crippen LogP contribution in [0, 0.1) is 11.3 Å². The molecule has 0 bridgehead atoms. The van der Waals surface area contributed by atoms with Crippen molar-refractivity contribution in [1.29, 1.82) is 0 Å². The van der Waals surface area contributed by atoms with Crippen LogP contribution in [0.4, 0.5) is 0 Å². The molecule has 1 aliphatic rings. The van der Waals surface area contributed by atoms with Gasteiger partial charge in [-0.15, -0.1) is 0 Å². The van der Waals surface area contributed by atoms with Crippen molar-refractivity contribution in [3.63, 3.8) is 0 Å². The van der Waals surface area contributed by atoms with E-state index in [1.165, 1.54) is 38.5 Å². The van der Waals surface area contributed by atoms with E-state index < -0.39 is 0 Å². The summed E-state index contributed by atoms with van der Waals surface area (Å²) in [6.45, 7) is 6.86. The van der Waals surface area contributed by atoms with Gasteiger partial charge in [-0.1, -0.05) is 33.6 Å². The van der Waals surface area contributed by atoms with Gasteiger partial charge < -0.3 is 10.8 Å². The van der Waals surface area contributed by atoms with E-state index in [-0.39, 0.29) is 0 Å². The molecule has 0 heterocycles. The van der Waals surface area contributed by atoms with Gasteiger partial charge in [-0.25, -0.2) is 0 Å². The molecule has 1 atom stereocenters. The van der Waals surface area contributed by atoms with Gasteiger partial charge in [0.25, 0.3) is 0 Å². The molecule has 92 valence electrons. The number of hydrogen-bond acceptors (Lipinski definition) is 2. The predicted octanol–water partition coefficient (Wildman–Crippen LogP) is 2.94. The molecule has 0 amide bonds. The molecule has 0 aromatic rings. The van der Waals surface area contributed by atoms with Gasteiger partial charge in [0, 0.05) is 13.2 Å². The summed E-state index contributed by atoms with van der Waals surface area (Å²) < 4.78 is 0. The van der Waals surface area contributed by atoms with Gasteiger partial charge in [0.05, 0.1) is 0 Å². The second-order valence-corrected chi connectivity index (χ2v) is 5.16. The van der Waals surface area contributed by atoms with Crippen molar-refractivity contribution in [3.8, 4) is 0 Å². The lowest BCUT2D eigenvalue weighted by Gasteiger charge is -2.35. The van der Waals surface area contributed by atoms with E-state index in [4.69, 9.17) is 10.8 Å². The monoisotopic (exact) mass is 215 g/mol. The lowest BCUT2D eigenvalue weighted by Crippen LogP contribution is -2.40. The van der Waals surface area contributed by atoms with Crippen molar-refractivity contribution in [1.82, 2.24) is 0 Å². The standard InChI is InChI=1S/C12H25N.CH4O/c1-4-12(7-5-6-8-12)11(13)9-10(2)3;1-2/h10-11H,4-9,13H2,1-3H3;2H,1H3. The number of aliphatic hydroxyl groups excluding tert-OH is 1. The Morgan fingerprint density at radius 1 is 1.20 bits per heavy atom. The molecule has 1 unspecified atom stereocenters. The van der Waals surface area contributed by atoms with Gasteiger partial charge in [0.15, 0.2) is 0 Å². The first kappa shape index (κ1) is 14.9. The van der Waals surface area contributed by atoms with E-state index in [0.29, 0.717) is 11.5 Å². The molecular formula is C13H29NO. The number of aliphatic hydroxyl groups is 1. The third-order valence-electron chi connectivity index (χ3n) is 3.82. The molecule has 0 aromatic carbocycles. The Hall–Kier alpha value is -0.0800. The van der Waals surface area contributed by atoms with Crippen LogP contribution in [0.2, 0.25) is 0 Å². The first-order chi connectivity index (χ1) is 7.10. The zero-order valence-corrected chi connectivity index (χ0v) is 10.9. The van der Waals surface area contributed by atoms with Gasteiger partial charge >= 0.3 is 0 Å². The second kappa shape index (κ2) is 7.24. The molecule has 0 radical (unpaired) electrons. The Morgan fingerprint density at radius 2 is 1.67 bits per heavy atom. The SMILES string of the molecule is CCC1(C(N)CC(C)C)CCCC1.CO. The Kier molecular flexibility index (Phi) is 7.20. The minimum absolute atomic E-state index is 0.444. The van der Waals surface area contributed by atoms with Crippen LogP contribution in [-0.4, -0.2) is 18.3 Å². The van der Waals surface area contributed by atoms with Gasteiger partial charge in [-0.05, 0) is 37.0 Å². The van der Waals surface area contributed by atoms with E-state index in [0.717, 1.165) is 13.0 Å². The third-order valence-corrected chi connectivity index (χ3v) is 3.82. The highest BCUT2D eigenvalue weighted by molar-refractivity contribution is 4.92. The second-order valence-electron chi connectivity index (χ2n) is 5.16. The quantitative estimate of drug-likeness (QED) is 0.757. The van der Waals surface area contributed by atoms with Gasteiger partial charge in [-0.3, -0.25) is 0 Å². The Bertz CT molecular complexity index is 151. The van der Waals surface area contributed by atoms with Crippen molar-refractivity contribution < 1.29 is 5.11 Å². The maximum absolute atomic E-state index is 7.00. The summed E-state index contributed by atoms with van der Waals surface area (Å²) in [6, 6.07) is 0.444. The maximum Gasteiger partial charge on any atom is 0.0319 e. The summed E-state index contributed by atoms with van der Waals surface area (Å²) in [7, 11) is 1.00. The maximum atomic E-state index is 7.00. The number of hydrogen-bond donors (Lipinski definition) is 2. The molecule has 1 fully saturated rings. The number of rotatable bonds is 4. The van der Waals surface area contributed by atoms with E-state index in [1.54, 1.807) is 0 Å². The Morgan fingerprint density at radius 3 is 2.00 bits per heavy atom. The molecule has 0 aliphatic heterocycles. The summed E-state index contributed by atoms with van der Waals surface area (Å²) >= 11 is 0. The Balaban J connectivity index is 0.000000921. The van der Waals surface area contributed by atoms with Crippen molar-refractivity contribution in [2.24, 2.45) is 17.1 Å². The summed E-state index contributed by atoms with van der Waals surface area (Å²) in [6.07, 6.45) is 8.03. The predicted molar refractivity (Wildman–Crippen MR) is 66.8 cm³/mol. The zero-order valence-electron chi connectivity index (χ0n) is 10.9. The van der Waals surface area contributed by atoms with Crippen LogP contribution >= 0.6 is 0 Å². The summed E-state index contributed by atoms with van der Waals surface area (Å²) in [5, 5.41) is 7.00. The first-order valence-electron chi connectivity index (χ1n) is 6.31. The topological polar surface area (TPSA) is 46.2 Å². The minimum Gasteiger partial charge on any atom is -0.400 e. The molecule has 0 aromatic heterocycles. The smallest absolute Gasteiger partial charge is 0.0319 e. The highest BCUT2D eigenvalue weighted by Crippen LogP contribution is 2.44. The largest absolute Gasteiger partial charge is 0.400 e. The van der Waals surface area contributed by atoms with E-state index in [2.05, 4.69) is 20.8 Å². The lowest BCUT2D eigenvalue weighted by molar-refractivity contribution is 0.197. The molecule has 15 heavy (non-hydrogen) atoms. The van der Waals surface area contributed by atoms with Crippen LogP contribution in [0.1, 0.15) is 59.3 Å². The third kappa shape index (κ3) is 4.12.